The quantitative estimate of drug-likeness (QED) is 0.0517. The monoisotopic (exact) mass is 550 g/mol. The van der Waals surface area contributed by atoms with Crippen LogP contribution in [-0.2, 0) is 32.7 Å². The molecule has 0 aromatic rings. The Hall–Kier alpha value is -1.25. The maximum absolute atomic E-state index is 12.4. The van der Waals surface area contributed by atoms with Gasteiger partial charge >= 0.3 is 19.8 Å². The highest BCUT2D eigenvalue weighted by Gasteiger charge is 2.27. The molecular formula is C27H53NO8P+. The highest BCUT2D eigenvalue weighted by molar-refractivity contribution is 7.47. The van der Waals surface area contributed by atoms with E-state index < -0.39 is 26.5 Å². The van der Waals surface area contributed by atoms with Crippen molar-refractivity contribution in [2.24, 2.45) is 0 Å². The van der Waals surface area contributed by atoms with Gasteiger partial charge in [0.05, 0.1) is 27.7 Å². The molecule has 0 spiro atoms. The first-order valence-electron chi connectivity index (χ1n) is 13.9. The van der Waals surface area contributed by atoms with Gasteiger partial charge in [-0.2, -0.15) is 0 Å². The molecule has 1 N–H and O–H groups in total. The van der Waals surface area contributed by atoms with Gasteiger partial charge in [0.1, 0.15) is 19.8 Å². The first-order chi connectivity index (χ1) is 17.5. The number of unbranched alkanes of at least 4 members (excludes halogenated alkanes) is 9. The molecule has 10 heteroatoms. The van der Waals surface area contributed by atoms with Crippen LogP contribution in [0.3, 0.4) is 0 Å². The number of hydrogen-bond acceptors (Lipinski definition) is 7. The number of carbonyl (C=O) groups is 2. The summed E-state index contributed by atoms with van der Waals surface area (Å²) < 4.78 is 33.6. The van der Waals surface area contributed by atoms with Gasteiger partial charge in [-0.1, -0.05) is 64.0 Å². The van der Waals surface area contributed by atoms with Crippen molar-refractivity contribution in [3.8, 4) is 0 Å². The lowest BCUT2D eigenvalue weighted by Crippen LogP contribution is -2.37. The van der Waals surface area contributed by atoms with Crippen molar-refractivity contribution in [3.63, 3.8) is 0 Å². The summed E-state index contributed by atoms with van der Waals surface area (Å²) in [5.41, 5.74) is 0. The Kier molecular flexibility index (Phi) is 20.9. The van der Waals surface area contributed by atoms with Crippen LogP contribution in [0.25, 0.3) is 0 Å². The van der Waals surface area contributed by atoms with Crippen molar-refractivity contribution in [1.29, 1.82) is 0 Å². The van der Waals surface area contributed by atoms with E-state index in [-0.39, 0.29) is 32.0 Å². The third-order valence-electron chi connectivity index (χ3n) is 5.64. The van der Waals surface area contributed by atoms with Crippen LogP contribution < -0.4 is 0 Å². The third kappa shape index (κ3) is 24.8. The van der Waals surface area contributed by atoms with Gasteiger partial charge in [0.15, 0.2) is 6.10 Å². The van der Waals surface area contributed by atoms with Crippen LogP contribution in [0.4, 0.5) is 0 Å². The zero-order valence-electron chi connectivity index (χ0n) is 24.0. The summed E-state index contributed by atoms with van der Waals surface area (Å²) in [5.74, 6) is -0.835. The van der Waals surface area contributed by atoms with E-state index in [1.165, 1.54) is 0 Å². The van der Waals surface area contributed by atoms with Gasteiger partial charge in [0.2, 0.25) is 0 Å². The SMILES string of the molecule is C/C=C/CCCCCCCC(=O)O[C@@H](COC(=O)CCCCCCC)COP(=O)(O)OCC[N+](C)(C)C. The second-order valence-corrected chi connectivity index (χ2v) is 11.9. The number of carbonyl (C=O) groups excluding carboxylic acids is 2. The first kappa shape index (κ1) is 35.8. The van der Waals surface area contributed by atoms with Crippen LogP contribution in [0, 0.1) is 0 Å². The molecule has 0 aromatic carbocycles. The van der Waals surface area contributed by atoms with E-state index >= 15 is 0 Å². The number of quaternary nitrogens is 1. The first-order valence-corrected chi connectivity index (χ1v) is 15.4. The summed E-state index contributed by atoms with van der Waals surface area (Å²) in [4.78, 5) is 34.4. The molecular weight excluding hydrogens is 497 g/mol. The summed E-state index contributed by atoms with van der Waals surface area (Å²) in [6.07, 6.45) is 14.8. The van der Waals surface area contributed by atoms with Gasteiger partial charge in [-0.3, -0.25) is 18.6 Å². The van der Waals surface area contributed by atoms with Crippen molar-refractivity contribution in [1.82, 2.24) is 0 Å². The van der Waals surface area contributed by atoms with E-state index in [0.29, 0.717) is 17.4 Å². The number of esters is 2. The Balaban J connectivity index is 4.60. The number of rotatable bonds is 24. The molecule has 0 rings (SSSR count). The highest BCUT2D eigenvalue weighted by atomic mass is 31.2. The van der Waals surface area contributed by atoms with E-state index in [1.54, 1.807) is 0 Å². The topological polar surface area (TPSA) is 108 Å². The molecule has 218 valence electrons. The number of hydrogen-bond donors (Lipinski definition) is 1. The Morgan fingerprint density at radius 2 is 1.46 bits per heavy atom. The number of allylic oxidation sites excluding steroid dienone is 2. The number of phosphoric acid groups is 1. The average molecular weight is 551 g/mol. The van der Waals surface area contributed by atoms with Crippen LogP contribution in [-0.4, -0.2) is 74.9 Å². The lowest BCUT2D eigenvalue weighted by atomic mass is 10.1. The summed E-state index contributed by atoms with van der Waals surface area (Å²) in [5, 5.41) is 0. The lowest BCUT2D eigenvalue weighted by Gasteiger charge is -2.24. The molecule has 0 saturated carbocycles. The molecule has 0 bridgehead atoms. The summed E-state index contributed by atoms with van der Waals surface area (Å²) in [6.45, 7) is 4.05. The predicted molar refractivity (Wildman–Crippen MR) is 146 cm³/mol. The molecule has 0 amide bonds. The molecule has 0 aliphatic heterocycles. The number of likely N-dealkylation sites (N-methyl/N-ethyl adjacent to an activating group) is 1. The molecule has 0 fully saturated rings. The molecule has 9 nitrogen and oxygen atoms in total. The molecule has 0 radical (unpaired) electrons. The number of phosphoric ester groups is 1. The van der Waals surface area contributed by atoms with Crippen molar-refractivity contribution < 1.29 is 42.1 Å². The van der Waals surface area contributed by atoms with Crippen molar-refractivity contribution in [3.05, 3.63) is 12.2 Å². The minimum absolute atomic E-state index is 0.0312. The van der Waals surface area contributed by atoms with Crippen LogP contribution in [0.1, 0.15) is 97.3 Å². The fourth-order valence-electron chi connectivity index (χ4n) is 3.37. The predicted octanol–water partition coefficient (Wildman–Crippen LogP) is 5.95. The second-order valence-electron chi connectivity index (χ2n) is 10.4. The lowest BCUT2D eigenvalue weighted by molar-refractivity contribution is -0.870. The van der Waals surface area contributed by atoms with Crippen LogP contribution in [0.15, 0.2) is 12.2 Å². The van der Waals surface area contributed by atoms with E-state index in [9.17, 15) is 19.0 Å². The maximum atomic E-state index is 12.4. The molecule has 0 aliphatic carbocycles. The Bertz CT molecular complexity index is 678. The molecule has 2 atom stereocenters. The number of ether oxygens (including phenoxy) is 2. The average Bonchev–Trinajstić information content (AvgIpc) is 2.81. The van der Waals surface area contributed by atoms with Gasteiger partial charge in [-0.15, -0.1) is 0 Å². The fourth-order valence-corrected chi connectivity index (χ4v) is 4.11. The third-order valence-corrected chi connectivity index (χ3v) is 6.62. The van der Waals surface area contributed by atoms with E-state index in [2.05, 4.69) is 13.0 Å². The molecule has 0 aliphatic rings. The minimum Gasteiger partial charge on any atom is -0.462 e. The molecule has 37 heavy (non-hydrogen) atoms. The Morgan fingerprint density at radius 1 is 0.865 bits per heavy atom. The van der Waals surface area contributed by atoms with E-state index in [4.69, 9.17) is 18.5 Å². The summed E-state index contributed by atoms with van der Waals surface area (Å²) >= 11 is 0. The molecule has 0 aromatic heterocycles. The zero-order chi connectivity index (χ0) is 28.0. The van der Waals surface area contributed by atoms with E-state index in [1.807, 2.05) is 34.1 Å². The van der Waals surface area contributed by atoms with Crippen LogP contribution in [0.5, 0.6) is 0 Å². The summed E-state index contributed by atoms with van der Waals surface area (Å²) in [7, 11) is 1.46. The minimum atomic E-state index is -4.34. The molecule has 0 saturated heterocycles. The van der Waals surface area contributed by atoms with Crippen LogP contribution in [0.2, 0.25) is 0 Å². The Morgan fingerprint density at radius 3 is 2.08 bits per heavy atom. The standard InChI is InChI=1S/C27H52NO8P/c1-6-8-10-12-13-14-16-18-20-27(30)36-25(23-33-26(29)19-17-15-11-9-7-2)24-35-37(31,32)34-22-21-28(3,4)5/h6,8,25H,7,9-24H2,1-5H3/p+1/b8-6+/t25-/m0/s1. The summed E-state index contributed by atoms with van der Waals surface area (Å²) in [6, 6.07) is 0. The Labute approximate surface area is 225 Å². The number of nitrogens with zero attached hydrogens (tertiary/aromatic N) is 1. The van der Waals surface area contributed by atoms with Gasteiger partial charge in [0, 0.05) is 12.8 Å². The fraction of sp³-hybridized carbons (Fsp3) is 0.852. The highest BCUT2D eigenvalue weighted by Crippen LogP contribution is 2.43. The molecule has 0 heterocycles. The largest absolute Gasteiger partial charge is 0.472 e. The van der Waals surface area contributed by atoms with Gasteiger partial charge in [0.25, 0.3) is 0 Å². The normalized spacial score (nSPS) is 14.4. The van der Waals surface area contributed by atoms with Gasteiger partial charge < -0.3 is 18.9 Å². The van der Waals surface area contributed by atoms with Gasteiger partial charge in [-0.05, 0) is 32.6 Å². The smallest absolute Gasteiger partial charge is 0.462 e. The van der Waals surface area contributed by atoms with Crippen molar-refractivity contribution >= 4 is 19.8 Å². The van der Waals surface area contributed by atoms with Crippen molar-refractivity contribution in [2.75, 3.05) is 47.5 Å². The molecule has 1 unspecified atom stereocenters. The van der Waals surface area contributed by atoms with Crippen molar-refractivity contribution in [2.45, 2.75) is 103 Å². The van der Waals surface area contributed by atoms with E-state index in [0.717, 1.165) is 64.2 Å². The zero-order valence-corrected chi connectivity index (χ0v) is 24.8. The maximum Gasteiger partial charge on any atom is 0.472 e. The van der Waals surface area contributed by atoms with Crippen LogP contribution >= 0.6 is 7.82 Å². The second kappa shape index (κ2) is 21.7. The van der Waals surface area contributed by atoms with Gasteiger partial charge in [-0.25, -0.2) is 4.57 Å².